The van der Waals surface area contributed by atoms with Gasteiger partial charge in [-0.05, 0) is 21.5 Å². The molecule has 112 valence electrons. The number of hydrogen-bond donors (Lipinski definition) is 0. The predicted octanol–water partition coefficient (Wildman–Crippen LogP) is 0.586. The number of benzene rings is 4. The van der Waals surface area contributed by atoms with Crippen LogP contribution in [-0.4, -0.2) is 0 Å². The van der Waals surface area contributed by atoms with E-state index in [-0.39, 0.29) is 18.9 Å². The van der Waals surface area contributed by atoms with Crippen LogP contribution >= 0.6 is 7.37 Å². The predicted molar refractivity (Wildman–Crippen MR) is 94.8 cm³/mol. The van der Waals surface area contributed by atoms with E-state index < -0.39 is 7.37 Å². The summed E-state index contributed by atoms with van der Waals surface area (Å²) in [5.74, 6) is 0. The van der Waals surface area contributed by atoms with E-state index in [4.69, 9.17) is 0 Å². The molecule has 0 heterocycles. The third-order valence-electron chi connectivity index (χ3n) is 4.17. The Morgan fingerprint density at radius 3 is 1.42 bits per heavy atom. The fourth-order valence-electron chi connectivity index (χ4n) is 3.06. The van der Waals surface area contributed by atoms with Gasteiger partial charge in [0.2, 0.25) is 0 Å². The SMILES string of the molecule is O=P([O-])(c1cccc2ccccc12)c1cccc2ccccc12.[Li+]. The molecule has 4 aromatic carbocycles. The zero-order chi connectivity index (χ0) is 15.9. The summed E-state index contributed by atoms with van der Waals surface area (Å²) in [4.78, 5) is 13.3. The first-order valence-corrected chi connectivity index (χ1v) is 9.08. The zero-order valence-corrected chi connectivity index (χ0v) is 14.2. The molecule has 0 spiro atoms. The van der Waals surface area contributed by atoms with Crippen molar-refractivity contribution in [3.8, 4) is 0 Å². The summed E-state index contributed by atoms with van der Waals surface area (Å²) in [6.45, 7) is 0. The summed E-state index contributed by atoms with van der Waals surface area (Å²) in [5.41, 5.74) is 0. The smallest absolute Gasteiger partial charge is 0.793 e. The molecule has 0 aromatic heterocycles. The monoisotopic (exact) mass is 324 g/mol. The quantitative estimate of drug-likeness (QED) is 0.400. The Bertz CT molecular complexity index is 981. The Hall–Kier alpha value is -1.81. The normalized spacial score (nSPS) is 11.4. The van der Waals surface area contributed by atoms with Gasteiger partial charge in [-0.25, -0.2) is 0 Å². The average Bonchev–Trinajstić information content (AvgIpc) is 2.60. The maximum absolute atomic E-state index is 13.3. The molecule has 4 aromatic rings. The van der Waals surface area contributed by atoms with Gasteiger partial charge < -0.3 is 9.46 Å². The van der Waals surface area contributed by atoms with Crippen molar-refractivity contribution in [2.24, 2.45) is 0 Å². The zero-order valence-electron chi connectivity index (χ0n) is 13.3. The van der Waals surface area contributed by atoms with E-state index in [9.17, 15) is 9.46 Å². The van der Waals surface area contributed by atoms with Crippen LogP contribution in [0.1, 0.15) is 0 Å². The first-order valence-electron chi connectivity index (χ1n) is 7.46. The molecule has 2 nitrogen and oxygen atoms in total. The Balaban J connectivity index is 0.00000169. The van der Waals surface area contributed by atoms with Gasteiger partial charge in [0.15, 0.2) is 0 Å². The molecular formula is C20H14LiO2P. The van der Waals surface area contributed by atoms with Crippen LogP contribution in [0.5, 0.6) is 0 Å². The van der Waals surface area contributed by atoms with Gasteiger partial charge in [0.1, 0.15) is 0 Å². The minimum absolute atomic E-state index is 0. The summed E-state index contributed by atoms with van der Waals surface area (Å²) in [5, 5.41) is 4.16. The fraction of sp³-hybridized carbons (Fsp3) is 0. The topological polar surface area (TPSA) is 40.1 Å². The number of fused-ring (bicyclic) bond motifs is 2. The van der Waals surface area contributed by atoms with Gasteiger partial charge >= 0.3 is 18.9 Å². The standard InChI is InChI=1S/C20H15O2P.Li/c21-23(22,19-13-5-9-15-7-1-3-11-17(15)19)20-14-6-10-16-8-2-4-12-18(16)20;/h1-14H,(H,21,22);/q;+1/p-1. The van der Waals surface area contributed by atoms with Crippen LogP contribution < -0.4 is 34.4 Å². The van der Waals surface area contributed by atoms with Crippen molar-refractivity contribution in [1.29, 1.82) is 0 Å². The third-order valence-corrected chi connectivity index (χ3v) is 6.22. The van der Waals surface area contributed by atoms with E-state index in [1.165, 1.54) is 0 Å². The molecule has 4 rings (SSSR count). The summed E-state index contributed by atoms with van der Waals surface area (Å²) in [7, 11) is -3.94. The molecule has 24 heavy (non-hydrogen) atoms. The van der Waals surface area contributed by atoms with Gasteiger partial charge in [-0.15, -0.1) is 0 Å². The van der Waals surface area contributed by atoms with Gasteiger partial charge in [0, 0.05) is 10.6 Å². The summed E-state index contributed by atoms with van der Waals surface area (Å²) in [6.07, 6.45) is 0. The second-order valence-corrected chi connectivity index (χ2v) is 7.61. The second kappa shape index (κ2) is 6.59. The molecule has 0 N–H and O–H groups in total. The molecular weight excluding hydrogens is 310 g/mol. The molecule has 0 amide bonds. The molecule has 0 radical (unpaired) electrons. The van der Waals surface area contributed by atoms with Gasteiger partial charge in [-0.1, -0.05) is 84.9 Å². The Morgan fingerprint density at radius 1 is 0.583 bits per heavy atom. The first-order chi connectivity index (χ1) is 11.2. The van der Waals surface area contributed by atoms with Gasteiger partial charge in [-0.2, -0.15) is 0 Å². The minimum atomic E-state index is -3.94. The second-order valence-electron chi connectivity index (χ2n) is 5.55. The molecule has 4 heteroatoms. The van der Waals surface area contributed by atoms with Crippen molar-refractivity contribution in [2.45, 2.75) is 0 Å². The van der Waals surface area contributed by atoms with Crippen LogP contribution in [0.25, 0.3) is 21.5 Å². The summed E-state index contributed by atoms with van der Waals surface area (Å²) >= 11 is 0. The van der Waals surface area contributed by atoms with Crippen molar-refractivity contribution in [3.05, 3.63) is 84.9 Å². The van der Waals surface area contributed by atoms with E-state index in [1.807, 2.05) is 60.7 Å². The summed E-state index contributed by atoms with van der Waals surface area (Å²) < 4.78 is 13.3. The maximum Gasteiger partial charge on any atom is 1.00 e. The Morgan fingerprint density at radius 2 is 0.958 bits per heavy atom. The number of hydrogen-bond acceptors (Lipinski definition) is 2. The first kappa shape index (κ1) is 17.0. The maximum atomic E-state index is 13.3. The van der Waals surface area contributed by atoms with Crippen molar-refractivity contribution < 1.29 is 28.3 Å². The van der Waals surface area contributed by atoms with E-state index in [0.717, 1.165) is 21.5 Å². The van der Waals surface area contributed by atoms with E-state index in [2.05, 4.69) is 0 Å². The third kappa shape index (κ3) is 2.73. The molecule has 0 aliphatic carbocycles. The molecule has 0 saturated carbocycles. The van der Waals surface area contributed by atoms with Crippen LogP contribution in [0.4, 0.5) is 0 Å². The molecule has 0 bridgehead atoms. The number of rotatable bonds is 2. The van der Waals surface area contributed by atoms with Crippen molar-refractivity contribution >= 4 is 39.5 Å². The molecule has 0 aliphatic heterocycles. The Labute approximate surface area is 152 Å². The van der Waals surface area contributed by atoms with E-state index in [1.54, 1.807) is 24.3 Å². The summed E-state index contributed by atoms with van der Waals surface area (Å²) in [6, 6.07) is 26.0. The van der Waals surface area contributed by atoms with Crippen molar-refractivity contribution in [1.82, 2.24) is 0 Å². The largest absolute Gasteiger partial charge is 1.00 e. The van der Waals surface area contributed by atoms with Crippen molar-refractivity contribution in [3.63, 3.8) is 0 Å². The van der Waals surface area contributed by atoms with Gasteiger partial charge in [0.05, 0.1) is 7.37 Å². The molecule has 0 saturated heterocycles. The van der Waals surface area contributed by atoms with Crippen LogP contribution in [0, 0.1) is 0 Å². The molecule has 0 aliphatic rings. The van der Waals surface area contributed by atoms with E-state index >= 15 is 0 Å². The van der Waals surface area contributed by atoms with Gasteiger partial charge in [-0.3, -0.25) is 0 Å². The van der Waals surface area contributed by atoms with Gasteiger partial charge in [0.25, 0.3) is 0 Å². The van der Waals surface area contributed by atoms with E-state index in [0.29, 0.717) is 10.6 Å². The molecule has 0 atom stereocenters. The van der Waals surface area contributed by atoms with Crippen LogP contribution in [0.15, 0.2) is 84.9 Å². The fourth-order valence-corrected chi connectivity index (χ4v) is 4.93. The minimum Gasteiger partial charge on any atom is -0.793 e. The van der Waals surface area contributed by atoms with Crippen LogP contribution in [-0.2, 0) is 4.57 Å². The van der Waals surface area contributed by atoms with Crippen LogP contribution in [0.2, 0.25) is 0 Å². The van der Waals surface area contributed by atoms with Crippen molar-refractivity contribution in [2.75, 3.05) is 0 Å². The molecule has 0 fully saturated rings. The Kier molecular flexibility index (Phi) is 4.68. The van der Waals surface area contributed by atoms with Crippen LogP contribution in [0.3, 0.4) is 0 Å². The average molecular weight is 324 g/mol. The molecule has 0 unspecified atom stereocenters.